The van der Waals surface area contributed by atoms with Crippen molar-refractivity contribution >= 4 is 108 Å². The van der Waals surface area contributed by atoms with Crippen molar-refractivity contribution in [2.75, 3.05) is 0 Å². The van der Waals surface area contributed by atoms with Gasteiger partial charge in [0.15, 0.2) is 0 Å². The molecule has 0 saturated heterocycles. The Hall–Kier alpha value is -11.7. The molecule has 16 aromatic carbocycles. The Kier molecular flexibility index (Phi) is 12.2. The molecule has 0 N–H and O–H groups in total. The standard InChI is InChI=1S/2C42H26N2/c1-3-11-29(12-4-1)41-42(30-13-5-2-6-14-30)44-39-26-31(21-25-38(39)43-41)33-16-9-17-36-35(33)23-20-28-19-22-34-32-15-8-7-10-27(32)18-24-37(34)40(28)36;1-3-10-29(11-4-1)41-42(30-12-5-2-6-13-30)44-39-26-32(20-24-38(39)43-41)31-18-21-34-33(25-31)19-23-37-36(34)22-17-28-16-15-27-9-7-8-14-35(27)40(28)37/h2*1-26H. The molecule has 4 heteroatoms. The van der Waals surface area contributed by atoms with Crippen LogP contribution in [0.25, 0.3) is 176 Å². The van der Waals surface area contributed by atoms with Crippen LogP contribution in [0.3, 0.4) is 0 Å². The van der Waals surface area contributed by atoms with Crippen LogP contribution in [0.15, 0.2) is 315 Å². The van der Waals surface area contributed by atoms with E-state index in [0.29, 0.717) is 0 Å². The number of hydrogen-bond donors (Lipinski definition) is 0. The summed E-state index contributed by atoms with van der Waals surface area (Å²) in [7, 11) is 0. The molecule has 0 radical (unpaired) electrons. The zero-order chi connectivity index (χ0) is 58.1. The lowest BCUT2D eigenvalue weighted by molar-refractivity contribution is 1.29. The van der Waals surface area contributed by atoms with Gasteiger partial charge in [-0.25, -0.2) is 19.9 Å². The number of rotatable bonds is 6. The van der Waals surface area contributed by atoms with Gasteiger partial charge >= 0.3 is 0 Å². The molecule has 0 bridgehead atoms. The second-order valence-electron chi connectivity index (χ2n) is 22.8. The van der Waals surface area contributed by atoms with Gasteiger partial charge in [-0.2, -0.15) is 0 Å². The van der Waals surface area contributed by atoms with E-state index < -0.39 is 0 Å². The van der Waals surface area contributed by atoms with Crippen LogP contribution < -0.4 is 0 Å². The Morgan fingerprint density at radius 1 is 0.159 bits per heavy atom. The maximum absolute atomic E-state index is 5.25. The third kappa shape index (κ3) is 8.77. The van der Waals surface area contributed by atoms with Crippen molar-refractivity contribution in [3.05, 3.63) is 315 Å². The number of aromatic nitrogens is 4. The van der Waals surface area contributed by atoms with Gasteiger partial charge < -0.3 is 0 Å². The third-order valence-electron chi connectivity index (χ3n) is 17.6. The maximum atomic E-state index is 5.25. The van der Waals surface area contributed by atoms with Gasteiger partial charge in [0.2, 0.25) is 0 Å². The Balaban J connectivity index is 0.000000137. The van der Waals surface area contributed by atoms with Gasteiger partial charge in [-0.3, -0.25) is 0 Å². The maximum Gasteiger partial charge on any atom is 0.0973 e. The van der Waals surface area contributed by atoms with Crippen LogP contribution in [0.5, 0.6) is 0 Å². The number of nitrogens with zero attached hydrogens (tertiary/aromatic N) is 4. The first kappa shape index (κ1) is 50.8. The lowest BCUT2D eigenvalue weighted by Gasteiger charge is -2.14. The summed E-state index contributed by atoms with van der Waals surface area (Å²) >= 11 is 0. The van der Waals surface area contributed by atoms with Crippen LogP contribution in [0, 0.1) is 0 Å². The van der Waals surface area contributed by atoms with Gasteiger partial charge in [-0.05, 0) is 139 Å². The highest BCUT2D eigenvalue weighted by molar-refractivity contribution is 6.27. The summed E-state index contributed by atoms with van der Waals surface area (Å²) < 4.78 is 0. The van der Waals surface area contributed by atoms with E-state index in [0.717, 1.165) is 78.2 Å². The van der Waals surface area contributed by atoms with E-state index in [1.54, 1.807) is 0 Å². The van der Waals surface area contributed by atoms with Crippen molar-refractivity contribution in [2.45, 2.75) is 0 Å². The summed E-state index contributed by atoms with van der Waals surface area (Å²) in [5.74, 6) is 0. The zero-order valence-electron chi connectivity index (χ0n) is 47.8. The fourth-order valence-corrected chi connectivity index (χ4v) is 13.4. The highest BCUT2D eigenvalue weighted by atomic mass is 14.8. The van der Waals surface area contributed by atoms with E-state index in [-0.39, 0.29) is 0 Å². The van der Waals surface area contributed by atoms with Crippen molar-refractivity contribution < 1.29 is 0 Å². The molecule has 2 heterocycles. The largest absolute Gasteiger partial charge is 0.244 e. The molecule has 0 saturated carbocycles. The molecule has 2 aromatic heterocycles. The lowest BCUT2D eigenvalue weighted by atomic mass is 9.91. The molecule has 0 aliphatic heterocycles. The molecular formula is C84H52N4. The third-order valence-corrected chi connectivity index (χ3v) is 17.6. The predicted molar refractivity (Wildman–Crippen MR) is 372 cm³/mol. The second-order valence-corrected chi connectivity index (χ2v) is 22.8. The van der Waals surface area contributed by atoms with Crippen molar-refractivity contribution in [3.8, 4) is 67.3 Å². The highest BCUT2D eigenvalue weighted by Crippen LogP contribution is 2.42. The smallest absolute Gasteiger partial charge is 0.0973 e. The van der Waals surface area contributed by atoms with Crippen molar-refractivity contribution in [1.29, 1.82) is 0 Å². The summed E-state index contributed by atoms with van der Waals surface area (Å²) in [6, 6.07) is 112. The SMILES string of the molecule is c1ccc(-c2nc3ccc(-c4ccc5c(ccc6c5ccc5ccc7ccccc7c56)c4)cc3nc2-c2ccccc2)cc1.c1ccc(-c2nc3ccc(-c4cccc5c4ccc4ccc6c7ccccc7ccc6c45)cc3nc2-c2ccccc2)cc1. The molecule has 18 rings (SSSR count). The van der Waals surface area contributed by atoms with Gasteiger partial charge in [0, 0.05) is 22.3 Å². The van der Waals surface area contributed by atoms with Crippen LogP contribution in [-0.4, -0.2) is 19.9 Å². The van der Waals surface area contributed by atoms with Gasteiger partial charge in [-0.1, -0.05) is 285 Å². The van der Waals surface area contributed by atoms with Gasteiger partial charge in [0.25, 0.3) is 0 Å². The van der Waals surface area contributed by atoms with E-state index in [2.05, 4.69) is 279 Å². The molecule has 88 heavy (non-hydrogen) atoms. The second kappa shape index (κ2) is 21.1. The van der Waals surface area contributed by atoms with Crippen LogP contribution in [0.4, 0.5) is 0 Å². The first-order valence-electron chi connectivity index (χ1n) is 30.0. The number of benzene rings is 16. The minimum atomic E-state index is 0.885. The first-order chi connectivity index (χ1) is 43.6. The van der Waals surface area contributed by atoms with Crippen molar-refractivity contribution in [3.63, 3.8) is 0 Å². The van der Waals surface area contributed by atoms with Gasteiger partial charge in [0.05, 0.1) is 44.8 Å². The van der Waals surface area contributed by atoms with E-state index >= 15 is 0 Å². The van der Waals surface area contributed by atoms with Gasteiger partial charge in [-0.15, -0.1) is 0 Å². The van der Waals surface area contributed by atoms with Crippen molar-refractivity contribution in [1.82, 2.24) is 19.9 Å². The summed E-state index contributed by atoms with van der Waals surface area (Å²) in [6.07, 6.45) is 0. The topological polar surface area (TPSA) is 51.6 Å². The van der Waals surface area contributed by atoms with E-state index in [1.165, 1.54) is 97.3 Å². The minimum absolute atomic E-state index is 0.885. The summed E-state index contributed by atoms with van der Waals surface area (Å²) in [5, 5.41) is 20.4. The summed E-state index contributed by atoms with van der Waals surface area (Å²) in [4.78, 5) is 20.7. The molecule has 408 valence electrons. The average Bonchev–Trinajstić information content (AvgIpc) is 1.44. The van der Waals surface area contributed by atoms with Crippen molar-refractivity contribution in [2.24, 2.45) is 0 Å². The normalized spacial score (nSPS) is 11.6. The minimum Gasteiger partial charge on any atom is -0.244 e. The Morgan fingerprint density at radius 3 is 1.07 bits per heavy atom. The Morgan fingerprint density at radius 2 is 0.500 bits per heavy atom. The van der Waals surface area contributed by atoms with Crippen LogP contribution in [0.1, 0.15) is 0 Å². The van der Waals surface area contributed by atoms with E-state index in [4.69, 9.17) is 19.9 Å². The number of hydrogen-bond acceptors (Lipinski definition) is 4. The first-order valence-corrected chi connectivity index (χ1v) is 30.0. The van der Waals surface area contributed by atoms with Crippen LogP contribution in [-0.2, 0) is 0 Å². The average molecular weight is 1120 g/mol. The van der Waals surface area contributed by atoms with Crippen LogP contribution in [0.2, 0.25) is 0 Å². The lowest BCUT2D eigenvalue weighted by Crippen LogP contribution is -1.96. The van der Waals surface area contributed by atoms with E-state index in [1.807, 2.05) is 36.4 Å². The molecule has 18 aromatic rings. The fourth-order valence-electron chi connectivity index (χ4n) is 13.4. The Bertz CT molecular complexity index is 5790. The van der Waals surface area contributed by atoms with E-state index in [9.17, 15) is 0 Å². The highest BCUT2D eigenvalue weighted by Gasteiger charge is 2.18. The Labute approximate surface area is 508 Å². The molecule has 4 nitrogen and oxygen atoms in total. The fraction of sp³-hybridized carbons (Fsp3) is 0. The summed E-state index contributed by atoms with van der Waals surface area (Å²) in [6.45, 7) is 0. The molecule has 0 unspecified atom stereocenters. The molecule has 0 fully saturated rings. The summed E-state index contributed by atoms with van der Waals surface area (Å²) in [5.41, 5.74) is 16.0. The molecule has 0 atom stereocenters. The molecule has 0 spiro atoms. The number of fused-ring (bicyclic) bond motifs is 16. The molecule has 0 amide bonds. The quantitative estimate of drug-likeness (QED) is 0.156. The zero-order valence-corrected chi connectivity index (χ0v) is 47.8. The molecule has 0 aliphatic rings. The van der Waals surface area contributed by atoms with Crippen LogP contribution >= 0.6 is 0 Å². The molecule has 0 aliphatic carbocycles. The monoisotopic (exact) mass is 1120 g/mol. The molecular weight excluding hydrogens is 1060 g/mol. The van der Waals surface area contributed by atoms with Gasteiger partial charge in [0.1, 0.15) is 0 Å². The predicted octanol–water partition coefficient (Wildman–Crippen LogP) is 22.5.